The summed E-state index contributed by atoms with van der Waals surface area (Å²) in [6, 6.07) is 13.7. The Morgan fingerprint density at radius 2 is 1.68 bits per heavy atom. The van der Waals surface area contributed by atoms with Gasteiger partial charge in [0.1, 0.15) is 0 Å². The Labute approximate surface area is 148 Å². The zero-order chi connectivity index (χ0) is 18.6. The Morgan fingerprint density at radius 3 is 2.20 bits per heavy atom. The number of nitrogens with one attached hydrogen (secondary N) is 1. The maximum absolute atomic E-state index is 12.3. The molecule has 0 aliphatic rings. The number of urea groups is 1. The number of benzene rings is 2. The zero-order valence-corrected chi connectivity index (χ0v) is 15.4. The Kier molecular flexibility index (Phi) is 5.81. The molecule has 2 rings (SSSR count). The third-order valence-corrected chi connectivity index (χ3v) is 5.09. The van der Waals surface area contributed by atoms with Crippen LogP contribution in [0.15, 0.2) is 53.4 Å². The summed E-state index contributed by atoms with van der Waals surface area (Å²) in [4.78, 5) is 13.9. The summed E-state index contributed by atoms with van der Waals surface area (Å²) in [5, 5.41) is 7.97. The molecule has 25 heavy (non-hydrogen) atoms. The van der Waals surface area contributed by atoms with Gasteiger partial charge >= 0.3 is 6.03 Å². The van der Waals surface area contributed by atoms with Crippen molar-refractivity contribution >= 4 is 16.1 Å². The molecule has 6 nitrogen and oxygen atoms in total. The predicted octanol–water partition coefficient (Wildman–Crippen LogP) is 2.55. The van der Waals surface area contributed by atoms with Crippen LogP contribution in [0.5, 0.6) is 0 Å². The zero-order valence-electron chi connectivity index (χ0n) is 14.6. The number of nitrogens with zero attached hydrogens (tertiary/aromatic N) is 1. The molecular formula is C18H23N3O3S. The first-order chi connectivity index (χ1) is 11.7. The van der Waals surface area contributed by atoms with Gasteiger partial charge in [-0.15, -0.1) is 0 Å². The topological polar surface area (TPSA) is 92.5 Å². The van der Waals surface area contributed by atoms with E-state index in [0.29, 0.717) is 6.54 Å². The van der Waals surface area contributed by atoms with Crippen LogP contribution in [0.1, 0.15) is 29.7 Å². The van der Waals surface area contributed by atoms with Crippen molar-refractivity contribution in [2.24, 2.45) is 5.14 Å². The lowest BCUT2D eigenvalue weighted by Crippen LogP contribution is -2.38. The van der Waals surface area contributed by atoms with Crippen molar-refractivity contribution in [2.45, 2.75) is 31.3 Å². The van der Waals surface area contributed by atoms with Gasteiger partial charge in [0, 0.05) is 13.6 Å². The van der Waals surface area contributed by atoms with Gasteiger partial charge in [-0.1, -0.05) is 42.0 Å². The van der Waals surface area contributed by atoms with Gasteiger partial charge in [-0.2, -0.15) is 0 Å². The first-order valence-corrected chi connectivity index (χ1v) is 9.42. The molecule has 0 aromatic heterocycles. The minimum absolute atomic E-state index is 0.0509. The van der Waals surface area contributed by atoms with Gasteiger partial charge in [-0.05, 0) is 37.1 Å². The van der Waals surface area contributed by atoms with Crippen LogP contribution >= 0.6 is 0 Å². The molecule has 3 N–H and O–H groups in total. The summed E-state index contributed by atoms with van der Waals surface area (Å²) in [7, 11) is -2.02. The monoisotopic (exact) mass is 361 g/mol. The fraction of sp³-hybridized carbons (Fsp3) is 0.278. The molecule has 0 saturated carbocycles. The summed E-state index contributed by atoms with van der Waals surface area (Å²) in [6.07, 6.45) is 0. The van der Waals surface area contributed by atoms with Crippen LogP contribution in [-0.4, -0.2) is 26.4 Å². The lowest BCUT2D eigenvalue weighted by atomic mass is 10.1. The van der Waals surface area contributed by atoms with Gasteiger partial charge in [-0.25, -0.2) is 18.4 Å². The van der Waals surface area contributed by atoms with Crippen LogP contribution in [0.3, 0.4) is 0 Å². The number of rotatable bonds is 5. The summed E-state index contributed by atoms with van der Waals surface area (Å²) >= 11 is 0. The Morgan fingerprint density at radius 1 is 1.12 bits per heavy atom. The maximum Gasteiger partial charge on any atom is 0.317 e. The van der Waals surface area contributed by atoms with E-state index in [4.69, 9.17) is 5.14 Å². The van der Waals surface area contributed by atoms with Gasteiger partial charge in [0.05, 0.1) is 10.9 Å². The van der Waals surface area contributed by atoms with E-state index >= 15 is 0 Å². The second-order valence-electron chi connectivity index (χ2n) is 6.05. The number of primary sulfonamides is 1. The summed E-state index contributed by atoms with van der Waals surface area (Å²) in [6.45, 7) is 4.33. The molecule has 7 heteroatoms. The number of nitrogens with two attached hydrogens (primary N) is 1. The third-order valence-electron chi connectivity index (χ3n) is 4.16. The van der Waals surface area contributed by atoms with Crippen LogP contribution in [0.4, 0.5) is 4.79 Å². The average molecular weight is 361 g/mol. The Bertz CT molecular complexity index is 831. The van der Waals surface area contributed by atoms with Crippen molar-refractivity contribution in [1.29, 1.82) is 0 Å². The van der Waals surface area contributed by atoms with E-state index in [-0.39, 0.29) is 17.0 Å². The minimum atomic E-state index is -3.72. The first kappa shape index (κ1) is 19.0. The summed E-state index contributed by atoms with van der Waals surface area (Å²) in [5.41, 5.74) is 3.02. The van der Waals surface area contributed by atoms with Crippen molar-refractivity contribution in [3.63, 3.8) is 0 Å². The number of hydrogen-bond donors (Lipinski definition) is 2. The van der Waals surface area contributed by atoms with Crippen molar-refractivity contribution in [3.8, 4) is 0 Å². The van der Waals surface area contributed by atoms with Gasteiger partial charge in [0.2, 0.25) is 10.0 Å². The number of sulfonamides is 1. The molecule has 0 aliphatic carbocycles. The predicted molar refractivity (Wildman–Crippen MR) is 97.4 cm³/mol. The highest BCUT2D eigenvalue weighted by Gasteiger charge is 2.18. The van der Waals surface area contributed by atoms with Crippen LogP contribution in [0, 0.1) is 6.92 Å². The van der Waals surface area contributed by atoms with E-state index in [1.807, 2.05) is 38.1 Å². The molecule has 0 bridgehead atoms. The van der Waals surface area contributed by atoms with E-state index < -0.39 is 10.0 Å². The van der Waals surface area contributed by atoms with Gasteiger partial charge < -0.3 is 10.2 Å². The smallest absolute Gasteiger partial charge is 0.317 e. The largest absolute Gasteiger partial charge is 0.334 e. The molecule has 1 unspecified atom stereocenters. The summed E-state index contributed by atoms with van der Waals surface area (Å²) in [5.74, 6) is 0. The average Bonchev–Trinajstić information content (AvgIpc) is 2.59. The van der Waals surface area contributed by atoms with Gasteiger partial charge in [0.25, 0.3) is 0 Å². The van der Waals surface area contributed by atoms with Crippen molar-refractivity contribution in [2.75, 3.05) is 7.05 Å². The highest BCUT2D eigenvalue weighted by molar-refractivity contribution is 7.89. The maximum atomic E-state index is 12.3. The number of carbonyl (C=O) groups is 1. The van der Waals surface area contributed by atoms with E-state index in [1.165, 1.54) is 17.7 Å². The van der Waals surface area contributed by atoms with Crippen LogP contribution in [-0.2, 0) is 16.6 Å². The number of hydrogen-bond acceptors (Lipinski definition) is 3. The van der Waals surface area contributed by atoms with Gasteiger partial charge in [0.15, 0.2) is 0 Å². The molecule has 2 aromatic carbocycles. The minimum Gasteiger partial charge on any atom is -0.334 e. The molecule has 0 fully saturated rings. The molecule has 0 heterocycles. The van der Waals surface area contributed by atoms with E-state index in [2.05, 4.69) is 5.32 Å². The molecule has 0 radical (unpaired) electrons. The molecule has 0 saturated heterocycles. The molecule has 0 spiro atoms. The fourth-order valence-corrected chi connectivity index (χ4v) is 2.86. The normalized spacial score (nSPS) is 12.5. The van der Waals surface area contributed by atoms with Crippen LogP contribution < -0.4 is 10.5 Å². The van der Waals surface area contributed by atoms with E-state index in [1.54, 1.807) is 24.1 Å². The quantitative estimate of drug-likeness (QED) is 0.857. The molecule has 1 atom stereocenters. The van der Waals surface area contributed by atoms with Crippen molar-refractivity contribution < 1.29 is 13.2 Å². The van der Waals surface area contributed by atoms with Crippen LogP contribution in [0.2, 0.25) is 0 Å². The lowest BCUT2D eigenvalue weighted by Gasteiger charge is -2.25. The van der Waals surface area contributed by atoms with Crippen molar-refractivity contribution in [3.05, 3.63) is 65.2 Å². The molecular weight excluding hydrogens is 338 g/mol. The number of carbonyl (C=O) groups excluding carboxylic acids is 1. The lowest BCUT2D eigenvalue weighted by molar-refractivity contribution is 0.194. The third kappa shape index (κ3) is 5.04. The molecule has 134 valence electrons. The van der Waals surface area contributed by atoms with E-state index in [9.17, 15) is 13.2 Å². The second-order valence-corrected chi connectivity index (χ2v) is 7.61. The SMILES string of the molecule is Cc1ccc(CNC(=O)N(C)C(C)c2ccc(S(N)(=O)=O)cc2)cc1. The first-order valence-electron chi connectivity index (χ1n) is 7.87. The molecule has 2 amide bonds. The molecule has 0 aliphatic heterocycles. The highest BCUT2D eigenvalue weighted by Crippen LogP contribution is 2.20. The Balaban J connectivity index is 1.99. The second kappa shape index (κ2) is 7.67. The van der Waals surface area contributed by atoms with Crippen molar-refractivity contribution in [1.82, 2.24) is 10.2 Å². The van der Waals surface area contributed by atoms with Crippen LogP contribution in [0.25, 0.3) is 0 Å². The number of amides is 2. The summed E-state index contributed by atoms with van der Waals surface area (Å²) < 4.78 is 22.6. The number of aryl methyl sites for hydroxylation is 1. The standard InChI is InChI=1S/C18H23N3O3S/c1-13-4-6-15(7-5-13)12-20-18(22)21(3)14(2)16-8-10-17(11-9-16)25(19,23)24/h4-11,14H,12H2,1-3H3,(H,20,22)(H2,19,23,24). The Hall–Kier alpha value is -2.38. The highest BCUT2D eigenvalue weighted by atomic mass is 32.2. The molecule has 2 aromatic rings. The van der Waals surface area contributed by atoms with Gasteiger partial charge in [-0.3, -0.25) is 0 Å². The van der Waals surface area contributed by atoms with E-state index in [0.717, 1.165) is 11.1 Å². The fourth-order valence-electron chi connectivity index (χ4n) is 2.34.